The molecular weight excluding hydrogens is 277 g/mol. The fourth-order valence-electron chi connectivity index (χ4n) is 0.884. The van der Waals surface area contributed by atoms with E-state index in [1.54, 1.807) is 0 Å². The molecule has 0 aliphatic rings. The Hall–Kier alpha value is -1.12. The van der Waals surface area contributed by atoms with E-state index < -0.39 is 40.1 Å². The van der Waals surface area contributed by atoms with Crippen LogP contribution in [0.25, 0.3) is 0 Å². The molecule has 1 aromatic rings. The molecule has 0 N–H and O–H groups in total. The van der Waals surface area contributed by atoms with E-state index in [4.69, 9.17) is 0 Å². The van der Waals surface area contributed by atoms with Crippen molar-refractivity contribution in [1.29, 1.82) is 0 Å². The lowest BCUT2D eigenvalue weighted by atomic mass is 10.3. The number of halogens is 7. The van der Waals surface area contributed by atoms with Crippen LogP contribution >= 0.6 is 11.8 Å². The van der Waals surface area contributed by atoms with Gasteiger partial charge in [0.1, 0.15) is 11.6 Å². The van der Waals surface area contributed by atoms with Gasteiger partial charge in [0.2, 0.25) is 0 Å². The van der Waals surface area contributed by atoms with Gasteiger partial charge in [0, 0.05) is 0 Å². The number of hydrogen-bond acceptors (Lipinski definition) is 2. The highest BCUT2D eigenvalue weighted by Gasteiger charge is 2.33. The molecule has 96 valence electrons. The molecule has 1 aromatic carbocycles. The molecule has 9 heteroatoms. The maximum absolute atomic E-state index is 12.9. The van der Waals surface area contributed by atoms with Crippen LogP contribution in [-0.2, 0) is 0 Å². The number of hydrogen-bond donors (Lipinski definition) is 0. The van der Waals surface area contributed by atoms with Gasteiger partial charge in [0.15, 0.2) is 0 Å². The van der Waals surface area contributed by atoms with E-state index in [1.165, 1.54) is 0 Å². The zero-order valence-electron chi connectivity index (χ0n) is 7.69. The Kier molecular flexibility index (Phi) is 3.80. The van der Waals surface area contributed by atoms with Crippen molar-refractivity contribution in [2.75, 3.05) is 0 Å². The molecule has 0 spiro atoms. The lowest BCUT2D eigenvalue weighted by Crippen LogP contribution is -2.17. The van der Waals surface area contributed by atoms with Crippen LogP contribution in [0.1, 0.15) is 0 Å². The summed E-state index contributed by atoms with van der Waals surface area (Å²) in [5.74, 6) is -2.19. The van der Waals surface area contributed by atoms with Crippen LogP contribution in [-0.4, -0.2) is 11.9 Å². The minimum atomic E-state index is -5.04. The average molecular weight is 280 g/mol. The van der Waals surface area contributed by atoms with E-state index in [0.29, 0.717) is 18.2 Å². The van der Waals surface area contributed by atoms with Crippen LogP contribution in [0.2, 0.25) is 0 Å². The van der Waals surface area contributed by atoms with E-state index in [0.717, 1.165) is 0 Å². The lowest BCUT2D eigenvalue weighted by molar-refractivity contribution is -0.274. The molecular formula is C8H3F7OS. The smallest absolute Gasteiger partial charge is 0.406 e. The largest absolute Gasteiger partial charge is 0.573 e. The summed E-state index contributed by atoms with van der Waals surface area (Å²) in [5, 5.41) is 0. The van der Waals surface area contributed by atoms with E-state index in [1.807, 2.05) is 0 Å². The van der Waals surface area contributed by atoms with Crippen molar-refractivity contribution in [3.8, 4) is 5.75 Å². The van der Waals surface area contributed by atoms with Crippen LogP contribution < -0.4 is 4.74 Å². The standard InChI is InChI=1S/C8H3F7OS/c9-5-2-1-4(16-7(10,11)12)3-6(5)17-8(13,14)15/h1-3H. The summed E-state index contributed by atoms with van der Waals surface area (Å²) in [7, 11) is 0. The van der Waals surface area contributed by atoms with Gasteiger partial charge in [-0.15, -0.1) is 13.2 Å². The zero-order valence-corrected chi connectivity index (χ0v) is 8.51. The third-order valence-corrected chi connectivity index (χ3v) is 2.13. The molecule has 0 saturated carbocycles. The lowest BCUT2D eigenvalue weighted by Gasteiger charge is -2.11. The first-order valence-corrected chi connectivity index (χ1v) is 4.69. The van der Waals surface area contributed by atoms with Crippen molar-refractivity contribution < 1.29 is 35.5 Å². The molecule has 0 bridgehead atoms. The van der Waals surface area contributed by atoms with Gasteiger partial charge in [-0.3, -0.25) is 0 Å². The molecule has 0 fully saturated rings. The zero-order chi connectivity index (χ0) is 13.3. The Bertz CT molecular complexity index is 398. The van der Waals surface area contributed by atoms with E-state index in [-0.39, 0.29) is 0 Å². The molecule has 0 aliphatic heterocycles. The highest BCUT2D eigenvalue weighted by molar-refractivity contribution is 8.00. The maximum atomic E-state index is 12.9. The van der Waals surface area contributed by atoms with Crippen molar-refractivity contribution in [2.45, 2.75) is 16.8 Å². The van der Waals surface area contributed by atoms with Crippen molar-refractivity contribution in [1.82, 2.24) is 0 Å². The third-order valence-electron chi connectivity index (χ3n) is 1.36. The Balaban J connectivity index is 2.95. The van der Waals surface area contributed by atoms with E-state index in [2.05, 4.69) is 4.74 Å². The molecule has 0 unspecified atom stereocenters. The molecule has 0 aromatic heterocycles. The molecule has 1 rings (SSSR count). The van der Waals surface area contributed by atoms with Gasteiger partial charge in [0.25, 0.3) is 0 Å². The van der Waals surface area contributed by atoms with E-state index >= 15 is 0 Å². The summed E-state index contributed by atoms with van der Waals surface area (Å²) in [5.41, 5.74) is -4.79. The molecule has 0 atom stereocenters. The van der Waals surface area contributed by atoms with Gasteiger partial charge in [0.05, 0.1) is 4.90 Å². The minimum absolute atomic E-state index is 0.334. The summed E-state index contributed by atoms with van der Waals surface area (Å²) in [6.45, 7) is 0. The number of rotatable bonds is 2. The number of ether oxygens (including phenoxy) is 1. The van der Waals surface area contributed by atoms with Crippen LogP contribution in [0.4, 0.5) is 30.7 Å². The van der Waals surface area contributed by atoms with Crippen molar-refractivity contribution in [3.05, 3.63) is 24.0 Å². The monoisotopic (exact) mass is 280 g/mol. The summed E-state index contributed by atoms with van der Waals surface area (Å²) in [4.78, 5) is -0.987. The quantitative estimate of drug-likeness (QED) is 0.589. The summed E-state index contributed by atoms with van der Waals surface area (Å²) >= 11 is -0.855. The van der Waals surface area contributed by atoms with Crippen molar-refractivity contribution >= 4 is 11.8 Å². The van der Waals surface area contributed by atoms with E-state index in [9.17, 15) is 30.7 Å². The van der Waals surface area contributed by atoms with Gasteiger partial charge >= 0.3 is 11.9 Å². The molecule has 0 aliphatic carbocycles. The second-order valence-electron chi connectivity index (χ2n) is 2.69. The normalized spacial score (nSPS) is 12.6. The first-order valence-electron chi connectivity index (χ1n) is 3.88. The Morgan fingerprint density at radius 1 is 1.00 bits per heavy atom. The average Bonchev–Trinajstić information content (AvgIpc) is 2.05. The third kappa shape index (κ3) is 5.16. The summed E-state index contributed by atoms with van der Waals surface area (Å²) in [6, 6.07) is 1.39. The molecule has 0 radical (unpaired) electrons. The molecule has 0 saturated heterocycles. The predicted molar refractivity (Wildman–Crippen MR) is 45.0 cm³/mol. The first kappa shape index (κ1) is 13.9. The topological polar surface area (TPSA) is 9.23 Å². The summed E-state index contributed by atoms with van der Waals surface area (Å²) < 4.78 is 87.3. The van der Waals surface area contributed by atoms with Gasteiger partial charge in [-0.1, -0.05) is 0 Å². The fraction of sp³-hybridized carbons (Fsp3) is 0.250. The molecule has 17 heavy (non-hydrogen) atoms. The van der Waals surface area contributed by atoms with Crippen molar-refractivity contribution in [3.63, 3.8) is 0 Å². The Morgan fingerprint density at radius 3 is 2.06 bits per heavy atom. The van der Waals surface area contributed by atoms with Crippen LogP contribution in [0.15, 0.2) is 23.1 Å². The maximum Gasteiger partial charge on any atom is 0.573 e. The van der Waals surface area contributed by atoms with Crippen LogP contribution in [0.5, 0.6) is 5.75 Å². The predicted octanol–water partition coefficient (Wildman–Crippen LogP) is 4.34. The number of alkyl halides is 6. The Morgan fingerprint density at radius 2 is 1.59 bits per heavy atom. The molecule has 0 amide bonds. The van der Waals surface area contributed by atoms with Crippen molar-refractivity contribution in [2.24, 2.45) is 0 Å². The molecule has 1 nitrogen and oxygen atoms in total. The number of thioether (sulfide) groups is 1. The second-order valence-corrected chi connectivity index (χ2v) is 3.79. The summed E-state index contributed by atoms with van der Waals surface area (Å²) in [6.07, 6.45) is -5.04. The van der Waals surface area contributed by atoms with Crippen LogP contribution in [0, 0.1) is 5.82 Å². The van der Waals surface area contributed by atoms with Gasteiger partial charge < -0.3 is 4.74 Å². The SMILES string of the molecule is Fc1ccc(OC(F)(F)F)cc1SC(F)(F)F. The van der Waals surface area contributed by atoms with Gasteiger partial charge in [-0.25, -0.2) is 4.39 Å². The minimum Gasteiger partial charge on any atom is -0.406 e. The van der Waals surface area contributed by atoms with Crippen LogP contribution in [0.3, 0.4) is 0 Å². The number of benzene rings is 1. The first-order chi connectivity index (χ1) is 7.57. The highest BCUT2D eigenvalue weighted by Crippen LogP contribution is 2.39. The fourth-order valence-corrected chi connectivity index (χ4v) is 1.47. The van der Waals surface area contributed by atoms with Gasteiger partial charge in [-0.05, 0) is 30.0 Å². The Labute approximate surface area is 94.6 Å². The highest BCUT2D eigenvalue weighted by atomic mass is 32.2. The molecule has 0 heterocycles. The second kappa shape index (κ2) is 4.63. The van der Waals surface area contributed by atoms with Gasteiger partial charge in [-0.2, -0.15) is 13.2 Å².